The van der Waals surface area contributed by atoms with Crippen LogP contribution >= 0.6 is 0 Å². The third-order valence-electron chi connectivity index (χ3n) is 6.11. The fourth-order valence-corrected chi connectivity index (χ4v) is 4.24. The second-order valence-corrected chi connectivity index (χ2v) is 8.50. The number of Topliss-reactive ketones (excluding diaryl/α,β-unsaturated/α-hetero) is 1. The smallest absolute Gasteiger partial charge is 0.243 e. The summed E-state index contributed by atoms with van der Waals surface area (Å²) in [6.07, 6.45) is 6.49. The predicted molar refractivity (Wildman–Crippen MR) is 131 cm³/mol. The zero-order chi connectivity index (χ0) is 22.3. The SMILES string of the molecule is CC(=O)c1ccc2c(c1)CN(CCCCNC(=O)C=Cc1ccc3ccccc3c1)CC2. The molecule has 0 saturated carbocycles. The Morgan fingerprint density at radius 3 is 2.66 bits per heavy atom. The lowest BCUT2D eigenvalue weighted by molar-refractivity contribution is -0.116. The molecule has 1 N–H and O–H groups in total. The molecule has 0 aromatic heterocycles. The number of fused-ring (bicyclic) bond motifs is 2. The van der Waals surface area contributed by atoms with E-state index in [1.54, 1.807) is 13.0 Å². The highest BCUT2D eigenvalue weighted by Crippen LogP contribution is 2.21. The lowest BCUT2D eigenvalue weighted by atomic mass is 9.96. The fourth-order valence-electron chi connectivity index (χ4n) is 4.24. The maximum atomic E-state index is 12.1. The van der Waals surface area contributed by atoms with Crippen molar-refractivity contribution in [2.75, 3.05) is 19.6 Å². The van der Waals surface area contributed by atoms with Crippen LogP contribution in [-0.4, -0.2) is 36.2 Å². The number of nitrogens with one attached hydrogen (secondary N) is 1. The zero-order valence-corrected chi connectivity index (χ0v) is 18.6. The normalized spacial score (nSPS) is 13.9. The minimum absolute atomic E-state index is 0.0539. The monoisotopic (exact) mass is 426 g/mol. The number of nitrogens with zero attached hydrogens (tertiary/aromatic N) is 1. The Morgan fingerprint density at radius 2 is 1.81 bits per heavy atom. The molecule has 1 aliphatic heterocycles. The molecule has 0 bridgehead atoms. The van der Waals surface area contributed by atoms with Crippen molar-refractivity contribution in [3.63, 3.8) is 0 Å². The minimum atomic E-state index is -0.0539. The average molecular weight is 427 g/mol. The number of amides is 1. The molecule has 1 heterocycles. The molecule has 0 unspecified atom stereocenters. The van der Waals surface area contributed by atoms with Crippen molar-refractivity contribution in [3.8, 4) is 0 Å². The maximum Gasteiger partial charge on any atom is 0.243 e. The molecular formula is C28H30N2O2. The number of hydrogen-bond acceptors (Lipinski definition) is 3. The molecule has 4 heteroatoms. The third kappa shape index (κ3) is 5.71. The number of benzene rings is 3. The standard InChI is InChI=1S/C28H30N2O2/c1-21(31)25-12-11-24-14-17-30(20-27(24)19-25)16-5-4-15-29-28(32)13-9-22-8-10-23-6-2-3-7-26(23)18-22/h2-3,6-13,18-19H,4-5,14-17,20H2,1H3,(H,29,32). The van der Waals surface area contributed by atoms with Crippen molar-refractivity contribution in [1.82, 2.24) is 10.2 Å². The summed E-state index contributed by atoms with van der Waals surface area (Å²) in [6, 6.07) is 20.5. The molecule has 164 valence electrons. The molecule has 0 fully saturated rings. The topological polar surface area (TPSA) is 49.4 Å². The van der Waals surface area contributed by atoms with E-state index in [0.29, 0.717) is 6.54 Å². The van der Waals surface area contributed by atoms with E-state index in [0.717, 1.165) is 50.0 Å². The second-order valence-electron chi connectivity index (χ2n) is 8.50. The Labute approximate surface area is 189 Å². The molecular weight excluding hydrogens is 396 g/mol. The van der Waals surface area contributed by atoms with Gasteiger partial charge in [0.1, 0.15) is 0 Å². The highest BCUT2D eigenvalue weighted by molar-refractivity contribution is 5.94. The summed E-state index contributed by atoms with van der Waals surface area (Å²) < 4.78 is 0. The fraction of sp³-hybridized carbons (Fsp3) is 0.286. The molecule has 32 heavy (non-hydrogen) atoms. The lowest BCUT2D eigenvalue weighted by Gasteiger charge is -2.29. The third-order valence-corrected chi connectivity index (χ3v) is 6.11. The van der Waals surface area contributed by atoms with Gasteiger partial charge in [0.05, 0.1) is 0 Å². The first-order valence-corrected chi connectivity index (χ1v) is 11.4. The molecule has 0 saturated heterocycles. The number of carbonyl (C=O) groups excluding carboxylic acids is 2. The summed E-state index contributed by atoms with van der Waals surface area (Å²) in [5.74, 6) is 0.0668. The summed E-state index contributed by atoms with van der Waals surface area (Å²) in [5, 5.41) is 5.36. The Hall–Kier alpha value is -3.24. The number of rotatable bonds is 8. The van der Waals surface area contributed by atoms with Crippen LogP contribution in [0.4, 0.5) is 0 Å². The molecule has 4 rings (SSSR count). The average Bonchev–Trinajstić information content (AvgIpc) is 2.81. The van der Waals surface area contributed by atoms with Crippen molar-refractivity contribution in [2.24, 2.45) is 0 Å². The quantitative estimate of drug-likeness (QED) is 0.313. The van der Waals surface area contributed by atoms with Crippen LogP contribution in [0.5, 0.6) is 0 Å². The summed E-state index contributed by atoms with van der Waals surface area (Å²) in [5.41, 5.74) is 4.45. The molecule has 0 aliphatic carbocycles. The van der Waals surface area contributed by atoms with E-state index in [1.165, 1.54) is 21.9 Å². The number of unbranched alkanes of at least 4 members (excludes halogenated alkanes) is 1. The molecule has 0 atom stereocenters. The van der Waals surface area contributed by atoms with Crippen LogP contribution in [0.2, 0.25) is 0 Å². The summed E-state index contributed by atoms with van der Waals surface area (Å²) in [7, 11) is 0. The number of ketones is 1. The first-order chi connectivity index (χ1) is 15.6. The highest BCUT2D eigenvalue weighted by Gasteiger charge is 2.16. The van der Waals surface area contributed by atoms with E-state index in [1.807, 2.05) is 36.4 Å². The van der Waals surface area contributed by atoms with Crippen LogP contribution in [0.1, 0.15) is 46.8 Å². The summed E-state index contributed by atoms with van der Waals surface area (Å²) in [4.78, 5) is 26.2. The van der Waals surface area contributed by atoms with Gasteiger partial charge < -0.3 is 5.32 Å². The van der Waals surface area contributed by atoms with Crippen molar-refractivity contribution < 1.29 is 9.59 Å². The van der Waals surface area contributed by atoms with Crippen LogP contribution in [0.15, 0.2) is 66.7 Å². The highest BCUT2D eigenvalue weighted by atomic mass is 16.1. The van der Waals surface area contributed by atoms with E-state index in [4.69, 9.17) is 0 Å². The van der Waals surface area contributed by atoms with Crippen LogP contribution in [0.25, 0.3) is 16.8 Å². The molecule has 3 aromatic carbocycles. The van der Waals surface area contributed by atoms with Gasteiger partial charge >= 0.3 is 0 Å². The molecule has 4 nitrogen and oxygen atoms in total. The minimum Gasteiger partial charge on any atom is -0.353 e. The number of hydrogen-bond donors (Lipinski definition) is 1. The Balaban J connectivity index is 1.18. The van der Waals surface area contributed by atoms with Crippen LogP contribution in [0, 0.1) is 0 Å². The van der Waals surface area contributed by atoms with Crippen LogP contribution < -0.4 is 5.32 Å². The van der Waals surface area contributed by atoms with E-state index < -0.39 is 0 Å². The van der Waals surface area contributed by atoms with Gasteiger partial charge in [-0.2, -0.15) is 0 Å². The maximum absolute atomic E-state index is 12.1. The van der Waals surface area contributed by atoms with Gasteiger partial charge in [0, 0.05) is 31.3 Å². The van der Waals surface area contributed by atoms with Gasteiger partial charge in [0.25, 0.3) is 0 Å². The van der Waals surface area contributed by atoms with Gasteiger partial charge in [-0.25, -0.2) is 0 Å². The lowest BCUT2D eigenvalue weighted by Crippen LogP contribution is -2.32. The zero-order valence-electron chi connectivity index (χ0n) is 18.6. The Kier molecular flexibility index (Phi) is 7.13. The molecule has 0 radical (unpaired) electrons. The van der Waals surface area contributed by atoms with Crippen molar-refractivity contribution in [3.05, 3.63) is 89.0 Å². The largest absolute Gasteiger partial charge is 0.353 e. The van der Waals surface area contributed by atoms with E-state index in [9.17, 15) is 9.59 Å². The van der Waals surface area contributed by atoms with Gasteiger partial charge in [0.15, 0.2) is 5.78 Å². The molecule has 3 aromatic rings. The van der Waals surface area contributed by atoms with Gasteiger partial charge in [-0.05, 0) is 78.4 Å². The Morgan fingerprint density at radius 1 is 0.969 bits per heavy atom. The molecule has 1 amide bonds. The second kappa shape index (κ2) is 10.4. The van der Waals surface area contributed by atoms with E-state index in [-0.39, 0.29) is 11.7 Å². The van der Waals surface area contributed by atoms with E-state index >= 15 is 0 Å². The number of carbonyl (C=O) groups is 2. The molecule has 0 spiro atoms. The van der Waals surface area contributed by atoms with Crippen molar-refractivity contribution in [1.29, 1.82) is 0 Å². The first-order valence-electron chi connectivity index (χ1n) is 11.4. The predicted octanol–water partition coefficient (Wildman–Crippen LogP) is 5.01. The van der Waals surface area contributed by atoms with Crippen LogP contribution in [-0.2, 0) is 17.8 Å². The first kappa shape index (κ1) is 22.0. The van der Waals surface area contributed by atoms with Gasteiger partial charge in [-0.1, -0.05) is 48.5 Å². The van der Waals surface area contributed by atoms with E-state index in [2.05, 4.69) is 40.5 Å². The van der Waals surface area contributed by atoms with Crippen LogP contribution in [0.3, 0.4) is 0 Å². The Bertz CT molecular complexity index is 1150. The summed E-state index contributed by atoms with van der Waals surface area (Å²) in [6.45, 7) is 5.25. The summed E-state index contributed by atoms with van der Waals surface area (Å²) >= 11 is 0. The van der Waals surface area contributed by atoms with Crippen molar-refractivity contribution in [2.45, 2.75) is 32.7 Å². The van der Waals surface area contributed by atoms with Gasteiger partial charge in [0.2, 0.25) is 5.91 Å². The van der Waals surface area contributed by atoms with Crippen molar-refractivity contribution >= 4 is 28.5 Å². The van der Waals surface area contributed by atoms with Gasteiger partial charge in [-0.3, -0.25) is 14.5 Å². The van der Waals surface area contributed by atoms with Gasteiger partial charge in [-0.15, -0.1) is 0 Å². The molecule has 1 aliphatic rings.